The Kier molecular flexibility index (Phi) is 6.44. The highest BCUT2D eigenvalue weighted by Gasteiger charge is 2.20. The Morgan fingerprint density at radius 2 is 1.74 bits per heavy atom. The van der Waals surface area contributed by atoms with Gasteiger partial charge in [0.05, 0.1) is 12.8 Å². The summed E-state index contributed by atoms with van der Waals surface area (Å²) >= 11 is 0. The van der Waals surface area contributed by atoms with Crippen molar-refractivity contribution in [1.82, 2.24) is 4.90 Å². The summed E-state index contributed by atoms with van der Waals surface area (Å²) in [6, 6.07) is 21.5. The number of hydrogen-bond acceptors (Lipinski definition) is 3. The molecule has 1 heterocycles. The molecule has 0 radical (unpaired) electrons. The lowest BCUT2D eigenvalue weighted by Crippen LogP contribution is -2.34. The number of aliphatic hydroxyl groups excluding tert-OH is 1. The average molecular weight is 363 g/mol. The molecule has 0 aliphatic rings. The molecule has 27 heavy (non-hydrogen) atoms. The Morgan fingerprint density at radius 3 is 2.41 bits per heavy atom. The monoisotopic (exact) mass is 363 g/mol. The first-order valence-electron chi connectivity index (χ1n) is 9.20. The largest absolute Gasteiger partial charge is 0.467 e. The third-order valence-electron chi connectivity index (χ3n) is 4.58. The van der Waals surface area contributed by atoms with E-state index in [-0.39, 0.29) is 12.5 Å². The summed E-state index contributed by atoms with van der Waals surface area (Å²) in [5, 5.41) is 10.4. The molecule has 0 saturated heterocycles. The molecule has 1 N–H and O–H groups in total. The van der Waals surface area contributed by atoms with E-state index >= 15 is 0 Å². The fourth-order valence-corrected chi connectivity index (χ4v) is 3.00. The second-order valence-corrected chi connectivity index (χ2v) is 6.78. The lowest BCUT2D eigenvalue weighted by atomic mass is 10.1. The van der Waals surface area contributed by atoms with E-state index in [0.717, 1.165) is 11.1 Å². The van der Waals surface area contributed by atoms with Crippen molar-refractivity contribution in [2.45, 2.75) is 32.4 Å². The van der Waals surface area contributed by atoms with Crippen LogP contribution in [0.5, 0.6) is 0 Å². The number of aliphatic hydroxyl groups is 1. The van der Waals surface area contributed by atoms with E-state index in [1.54, 1.807) is 17.0 Å². The first-order chi connectivity index (χ1) is 13.1. The molecule has 1 aromatic heterocycles. The quantitative estimate of drug-likeness (QED) is 0.650. The number of benzene rings is 2. The minimum Gasteiger partial charge on any atom is -0.467 e. The maximum atomic E-state index is 12.9. The molecule has 4 heteroatoms. The van der Waals surface area contributed by atoms with E-state index in [2.05, 4.69) is 24.3 Å². The minimum absolute atomic E-state index is 0.0186. The summed E-state index contributed by atoms with van der Waals surface area (Å²) < 4.78 is 5.28. The Labute approximate surface area is 160 Å². The first kappa shape index (κ1) is 18.9. The van der Waals surface area contributed by atoms with Gasteiger partial charge in [0.25, 0.3) is 0 Å². The number of rotatable bonds is 8. The number of furan rings is 1. The number of aryl methyl sites for hydroxylation is 2. The van der Waals surface area contributed by atoms with Crippen LogP contribution in [0.3, 0.4) is 0 Å². The first-order valence-corrected chi connectivity index (χ1v) is 9.20. The minimum atomic E-state index is -0.841. The van der Waals surface area contributed by atoms with Crippen LogP contribution in [0.15, 0.2) is 77.4 Å². The van der Waals surface area contributed by atoms with Gasteiger partial charge in [-0.15, -0.1) is 0 Å². The van der Waals surface area contributed by atoms with Crippen molar-refractivity contribution in [2.75, 3.05) is 6.54 Å². The summed E-state index contributed by atoms with van der Waals surface area (Å²) in [5.41, 5.74) is 3.38. The molecular formula is C23H25NO3. The van der Waals surface area contributed by atoms with Crippen LogP contribution in [0, 0.1) is 6.92 Å². The van der Waals surface area contributed by atoms with Crippen LogP contribution < -0.4 is 0 Å². The summed E-state index contributed by atoms with van der Waals surface area (Å²) in [6.07, 6.45) is 1.77. The van der Waals surface area contributed by atoms with Crippen LogP contribution in [-0.2, 0) is 17.8 Å². The van der Waals surface area contributed by atoms with Gasteiger partial charge >= 0.3 is 0 Å². The van der Waals surface area contributed by atoms with E-state index in [1.807, 2.05) is 37.3 Å². The summed E-state index contributed by atoms with van der Waals surface area (Å²) in [6.45, 7) is 2.72. The topological polar surface area (TPSA) is 53.7 Å². The van der Waals surface area contributed by atoms with E-state index < -0.39 is 6.10 Å². The zero-order valence-corrected chi connectivity index (χ0v) is 15.5. The number of amides is 1. The van der Waals surface area contributed by atoms with Gasteiger partial charge in [0.1, 0.15) is 11.9 Å². The Bertz CT molecular complexity index is 826. The number of hydrogen-bond donors (Lipinski definition) is 1. The summed E-state index contributed by atoms with van der Waals surface area (Å²) in [5.74, 6) is 0.490. The second kappa shape index (κ2) is 9.19. The molecule has 2 aromatic carbocycles. The molecule has 0 aliphatic carbocycles. The van der Waals surface area contributed by atoms with Crippen LogP contribution >= 0.6 is 0 Å². The highest BCUT2D eigenvalue weighted by Crippen LogP contribution is 2.18. The zero-order valence-electron chi connectivity index (χ0n) is 15.5. The second-order valence-electron chi connectivity index (χ2n) is 6.78. The van der Waals surface area contributed by atoms with Crippen LogP contribution in [0.2, 0.25) is 0 Å². The lowest BCUT2D eigenvalue weighted by molar-refractivity contribution is -0.133. The van der Waals surface area contributed by atoms with Gasteiger partial charge in [0.15, 0.2) is 0 Å². The van der Waals surface area contributed by atoms with E-state index in [1.165, 1.54) is 11.8 Å². The molecule has 0 bridgehead atoms. The molecule has 3 aromatic rings. The molecule has 3 rings (SSSR count). The smallest absolute Gasteiger partial charge is 0.223 e. The van der Waals surface area contributed by atoms with Crippen molar-refractivity contribution in [3.8, 4) is 0 Å². The van der Waals surface area contributed by atoms with E-state index in [9.17, 15) is 9.90 Å². The molecule has 0 aliphatic heterocycles. The predicted molar refractivity (Wildman–Crippen MR) is 105 cm³/mol. The van der Waals surface area contributed by atoms with Gasteiger partial charge in [-0.05, 0) is 36.6 Å². The van der Waals surface area contributed by atoms with Gasteiger partial charge in [-0.2, -0.15) is 0 Å². The molecular weight excluding hydrogens is 338 g/mol. The van der Waals surface area contributed by atoms with Crippen molar-refractivity contribution in [3.05, 3.63) is 95.4 Å². The van der Waals surface area contributed by atoms with Gasteiger partial charge < -0.3 is 14.4 Å². The van der Waals surface area contributed by atoms with Crippen molar-refractivity contribution >= 4 is 5.91 Å². The average Bonchev–Trinajstić information content (AvgIpc) is 3.22. The fraction of sp³-hybridized carbons (Fsp3) is 0.261. The lowest BCUT2D eigenvalue weighted by Gasteiger charge is -2.25. The molecule has 0 unspecified atom stereocenters. The zero-order chi connectivity index (χ0) is 19.1. The van der Waals surface area contributed by atoms with Crippen molar-refractivity contribution in [3.63, 3.8) is 0 Å². The third-order valence-corrected chi connectivity index (χ3v) is 4.58. The predicted octanol–water partition coefficient (Wildman–Crippen LogP) is 4.28. The van der Waals surface area contributed by atoms with E-state index in [0.29, 0.717) is 25.1 Å². The van der Waals surface area contributed by atoms with Gasteiger partial charge in [-0.1, -0.05) is 60.2 Å². The van der Waals surface area contributed by atoms with Gasteiger partial charge in [0, 0.05) is 13.0 Å². The van der Waals surface area contributed by atoms with Crippen LogP contribution in [0.4, 0.5) is 0 Å². The molecule has 0 saturated carbocycles. The van der Waals surface area contributed by atoms with Crippen molar-refractivity contribution in [1.29, 1.82) is 0 Å². The Hall–Kier alpha value is -2.85. The van der Waals surface area contributed by atoms with Crippen LogP contribution in [0.25, 0.3) is 0 Å². The van der Waals surface area contributed by atoms with Gasteiger partial charge in [-0.3, -0.25) is 4.79 Å². The number of carbonyl (C=O) groups excluding carboxylic acids is 1. The van der Waals surface area contributed by atoms with E-state index in [4.69, 9.17) is 4.42 Å². The molecule has 1 atom stereocenters. The van der Waals surface area contributed by atoms with Gasteiger partial charge in [0.2, 0.25) is 5.91 Å². The molecule has 1 amide bonds. The molecule has 0 fully saturated rings. The standard InChI is InChI=1S/C23H25NO3/c1-18-9-11-19(12-10-18)13-14-23(26)24(16-20-6-3-2-4-7-20)17-21(25)22-8-5-15-27-22/h2-12,15,21,25H,13-14,16-17H2,1H3/t21-/m0/s1. The van der Waals surface area contributed by atoms with Crippen molar-refractivity contribution < 1.29 is 14.3 Å². The number of carbonyl (C=O) groups is 1. The third kappa shape index (κ3) is 5.56. The molecule has 4 nitrogen and oxygen atoms in total. The SMILES string of the molecule is Cc1ccc(CCC(=O)N(Cc2ccccc2)C[C@H](O)c2ccco2)cc1. The maximum Gasteiger partial charge on any atom is 0.223 e. The highest BCUT2D eigenvalue weighted by molar-refractivity contribution is 5.76. The Morgan fingerprint density at radius 1 is 1.00 bits per heavy atom. The molecule has 140 valence electrons. The summed E-state index contributed by atoms with van der Waals surface area (Å²) in [7, 11) is 0. The van der Waals surface area contributed by atoms with Crippen molar-refractivity contribution in [2.24, 2.45) is 0 Å². The normalized spacial score (nSPS) is 11.9. The van der Waals surface area contributed by atoms with Crippen LogP contribution in [0.1, 0.15) is 35.0 Å². The van der Waals surface area contributed by atoms with Gasteiger partial charge in [-0.25, -0.2) is 0 Å². The maximum absolute atomic E-state index is 12.9. The molecule has 0 spiro atoms. The fourth-order valence-electron chi connectivity index (χ4n) is 3.00. The highest BCUT2D eigenvalue weighted by atomic mass is 16.4. The Balaban J connectivity index is 1.67. The summed E-state index contributed by atoms with van der Waals surface area (Å²) in [4.78, 5) is 14.6. The number of nitrogens with zero attached hydrogens (tertiary/aromatic N) is 1. The van der Waals surface area contributed by atoms with Crippen LogP contribution in [-0.4, -0.2) is 22.5 Å².